The first-order valence-corrected chi connectivity index (χ1v) is 10.2. The maximum absolute atomic E-state index is 12.2. The van der Waals surface area contributed by atoms with Crippen LogP contribution in [0.15, 0.2) is 60.8 Å². The number of carbonyl (C=O) groups excluding carboxylic acids is 1. The van der Waals surface area contributed by atoms with Gasteiger partial charge in [0.1, 0.15) is 5.75 Å². The quantitative estimate of drug-likeness (QED) is 0.443. The smallest absolute Gasteiger partial charge is 0.251 e. The highest BCUT2D eigenvalue weighted by molar-refractivity contribution is 5.94. The van der Waals surface area contributed by atoms with Crippen molar-refractivity contribution in [3.05, 3.63) is 66.4 Å². The second kappa shape index (κ2) is 9.44. The van der Waals surface area contributed by atoms with Crippen molar-refractivity contribution in [2.75, 3.05) is 39.6 Å². The molecule has 32 heavy (non-hydrogen) atoms. The molecule has 9 heteroatoms. The number of fused-ring (bicyclic) bond motifs is 1. The molecule has 0 aliphatic rings. The van der Waals surface area contributed by atoms with Crippen LogP contribution in [-0.4, -0.2) is 64.7 Å². The highest BCUT2D eigenvalue weighted by Crippen LogP contribution is 2.22. The number of rotatable bonds is 8. The maximum Gasteiger partial charge on any atom is 0.251 e. The average Bonchev–Trinajstić information content (AvgIpc) is 3.22. The summed E-state index contributed by atoms with van der Waals surface area (Å²) in [5, 5.41) is 10.6. The normalized spacial score (nSPS) is 11.0. The Balaban J connectivity index is 1.49. The van der Waals surface area contributed by atoms with Crippen LogP contribution < -0.4 is 15.4 Å². The zero-order chi connectivity index (χ0) is 22.5. The molecule has 0 radical (unpaired) electrons. The van der Waals surface area contributed by atoms with Gasteiger partial charge in [0.25, 0.3) is 5.91 Å². The molecule has 0 unspecified atom stereocenters. The number of carbonyl (C=O) groups is 1. The number of aromatic nitrogens is 4. The zero-order valence-electron chi connectivity index (χ0n) is 18.2. The lowest BCUT2D eigenvalue weighted by molar-refractivity contribution is 0.0951. The lowest BCUT2D eigenvalue weighted by Gasteiger charge is -2.10. The standard InChI is InChI=1S/C23H25N7O2/c1-29(2)15-14-25-22(31)17-4-8-18(9-5-17)26-23-27-20-12-13-24-21(30(20)28-23)16-6-10-19(32-3)11-7-16/h4-13H,14-15H2,1-3H3,(H,25,31)(H,26,28). The number of anilines is 2. The third-order valence-electron chi connectivity index (χ3n) is 4.85. The number of hydrogen-bond acceptors (Lipinski definition) is 7. The van der Waals surface area contributed by atoms with Crippen molar-refractivity contribution in [1.82, 2.24) is 29.8 Å². The van der Waals surface area contributed by atoms with Gasteiger partial charge in [-0.05, 0) is 62.6 Å². The van der Waals surface area contributed by atoms with E-state index in [1.165, 1.54) is 0 Å². The molecule has 0 bridgehead atoms. The summed E-state index contributed by atoms with van der Waals surface area (Å²) in [7, 11) is 5.57. The van der Waals surface area contributed by atoms with Gasteiger partial charge in [0.2, 0.25) is 5.95 Å². The van der Waals surface area contributed by atoms with E-state index in [4.69, 9.17) is 4.74 Å². The largest absolute Gasteiger partial charge is 0.497 e. The fourth-order valence-electron chi connectivity index (χ4n) is 3.14. The van der Waals surface area contributed by atoms with E-state index in [0.717, 1.165) is 23.5 Å². The van der Waals surface area contributed by atoms with Crippen molar-refractivity contribution in [2.24, 2.45) is 0 Å². The van der Waals surface area contributed by atoms with Gasteiger partial charge in [-0.25, -0.2) is 4.98 Å². The van der Waals surface area contributed by atoms with Crippen LogP contribution in [0, 0.1) is 0 Å². The van der Waals surface area contributed by atoms with Gasteiger partial charge in [-0.15, -0.1) is 5.10 Å². The monoisotopic (exact) mass is 431 g/mol. The Hall–Kier alpha value is -3.98. The van der Waals surface area contributed by atoms with Gasteiger partial charge in [-0.1, -0.05) is 0 Å². The van der Waals surface area contributed by atoms with Crippen molar-refractivity contribution >= 4 is 23.2 Å². The second-order valence-electron chi connectivity index (χ2n) is 7.46. The van der Waals surface area contributed by atoms with Gasteiger partial charge in [0, 0.05) is 42.2 Å². The summed E-state index contributed by atoms with van der Waals surface area (Å²) in [5.41, 5.74) is 2.95. The summed E-state index contributed by atoms with van der Waals surface area (Å²) in [6.07, 6.45) is 1.71. The molecule has 0 aliphatic carbocycles. The molecular weight excluding hydrogens is 406 g/mol. The Bertz CT molecular complexity index is 1200. The molecule has 4 aromatic rings. The molecule has 0 saturated heterocycles. The molecule has 0 fully saturated rings. The van der Waals surface area contributed by atoms with Gasteiger partial charge < -0.3 is 20.3 Å². The second-order valence-corrected chi connectivity index (χ2v) is 7.46. The van der Waals surface area contributed by atoms with Crippen LogP contribution in [0.3, 0.4) is 0 Å². The van der Waals surface area contributed by atoms with Crippen LogP contribution in [-0.2, 0) is 0 Å². The Kier molecular flexibility index (Phi) is 6.27. The summed E-state index contributed by atoms with van der Waals surface area (Å²) in [6, 6.07) is 16.6. The molecule has 164 valence electrons. The minimum Gasteiger partial charge on any atom is -0.497 e. The van der Waals surface area contributed by atoms with E-state index in [2.05, 4.69) is 25.7 Å². The van der Waals surface area contributed by atoms with Crippen molar-refractivity contribution in [3.8, 4) is 17.1 Å². The molecule has 9 nitrogen and oxygen atoms in total. The molecule has 2 N–H and O–H groups in total. The van der Waals surface area contributed by atoms with Crippen molar-refractivity contribution in [2.45, 2.75) is 0 Å². The molecule has 4 rings (SSSR count). The molecule has 2 aromatic carbocycles. The van der Waals surface area contributed by atoms with Gasteiger partial charge in [0.15, 0.2) is 11.5 Å². The van der Waals surface area contributed by atoms with E-state index < -0.39 is 0 Å². The fourth-order valence-corrected chi connectivity index (χ4v) is 3.14. The van der Waals surface area contributed by atoms with Gasteiger partial charge in [-0.3, -0.25) is 4.79 Å². The summed E-state index contributed by atoms with van der Waals surface area (Å²) >= 11 is 0. The first-order valence-electron chi connectivity index (χ1n) is 10.2. The van der Waals surface area contributed by atoms with Crippen LogP contribution in [0.4, 0.5) is 11.6 Å². The minimum atomic E-state index is -0.0977. The summed E-state index contributed by atoms with van der Waals surface area (Å²) in [5.74, 6) is 1.79. The number of likely N-dealkylation sites (N-methyl/N-ethyl adjacent to an activating group) is 1. The number of hydrogen-bond donors (Lipinski definition) is 2. The number of nitrogens with zero attached hydrogens (tertiary/aromatic N) is 5. The summed E-state index contributed by atoms with van der Waals surface area (Å²) in [4.78, 5) is 23.2. The van der Waals surface area contributed by atoms with E-state index in [1.54, 1.807) is 36.0 Å². The van der Waals surface area contributed by atoms with Crippen molar-refractivity contribution in [1.29, 1.82) is 0 Å². The molecule has 0 atom stereocenters. The number of amides is 1. The van der Waals surface area contributed by atoms with Crippen molar-refractivity contribution in [3.63, 3.8) is 0 Å². The molecule has 0 aliphatic heterocycles. The average molecular weight is 432 g/mol. The van der Waals surface area contributed by atoms with E-state index >= 15 is 0 Å². The van der Waals surface area contributed by atoms with E-state index in [1.807, 2.05) is 55.4 Å². The van der Waals surface area contributed by atoms with Crippen LogP contribution in [0.1, 0.15) is 10.4 Å². The van der Waals surface area contributed by atoms with Gasteiger partial charge >= 0.3 is 0 Å². The highest BCUT2D eigenvalue weighted by Gasteiger charge is 2.11. The molecule has 0 spiro atoms. The van der Waals surface area contributed by atoms with Crippen LogP contribution in [0.5, 0.6) is 5.75 Å². The fraction of sp³-hybridized carbons (Fsp3) is 0.217. The Morgan fingerprint density at radius 3 is 2.50 bits per heavy atom. The van der Waals surface area contributed by atoms with Crippen LogP contribution >= 0.6 is 0 Å². The van der Waals surface area contributed by atoms with Crippen molar-refractivity contribution < 1.29 is 9.53 Å². The van der Waals surface area contributed by atoms with Gasteiger partial charge in [0.05, 0.1) is 7.11 Å². The SMILES string of the molecule is COc1ccc(-c2nccc3nc(Nc4ccc(C(=O)NCCN(C)C)cc4)nn23)cc1. The third kappa shape index (κ3) is 4.84. The van der Waals surface area contributed by atoms with E-state index in [0.29, 0.717) is 29.5 Å². The summed E-state index contributed by atoms with van der Waals surface area (Å²) < 4.78 is 6.91. The zero-order valence-corrected chi connectivity index (χ0v) is 18.2. The highest BCUT2D eigenvalue weighted by atomic mass is 16.5. The number of benzene rings is 2. The Labute approximate surface area is 186 Å². The maximum atomic E-state index is 12.2. The number of methoxy groups -OCH3 is 1. The molecule has 1 amide bonds. The predicted molar refractivity (Wildman–Crippen MR) is 123 cm³/mol. The Morgan fingerprint density at radius 2 is 1.81 bits per heavy atom. The van der Waals surface area contributed by atoms with Crippen LogP contribution in [0.2, 0.25) is 0 Å². The molecule has 2 aromatic heterocycles. The molecule has 2 heterocycles. The predicted octanol–water partition coefficient (Wildman–Crippen LogP) is 2.83. The minimum absolute atomic E-state index is 0.0977. The summed E-state index contributed by atoms with van der Waals surface area (Å²) in [6.45, 7) is 1.39. The Morgan fingerprint density at radius 1 is 1.06 bits per heavy atom. The van der Waals surface area contributed by atoms with Crippen LogP contribution in [0.25, 0.3) is 17.0 Å². The van der Waals surface area contributed by atoms with Gasteiger partial charge in [-0.2, -0.15) is 9.50 Å². The number of nitrogens with one attached hydrogen (secondary N) is 2. The third-order valence-corrected chi connectivity index (χ3v) is 4.85. The first kappa shape index (κ1) is 21.3. The molecule has 0 saturated carbocycles. The topological polar surface area (TPSA) is 96.7 Å². The molecular formula is C23H25N7O2. The first-order chi connectivity index (χ1) is 15.5. The van der Waals surface area contributed by atoms with E-state index in [9.17, 15) is 4.79 Å². The number of ether oxygens (including phenoxy) is 1. The lowest BCUT2D eigenvalue weighted by atomic mass is 10.2. The van der Waals surface area contributed by atoms with E-state index in [-0.39, 0.29) is 5.91 Å². The lowest BCUT2D eigenvalue weighted by Crippen LogP contribution is -2.31.